The molecule has 1 heterocycles. The highest BCUT2D eigenvalue weighted by atomic mass is 16.6. The maximum atomic E-state index is 11.8. The molecule has 17 heavy (non-hydrogen) atoms. The van der Waals surface area contributed by atoms with Crippen LogP contribution in [0.25, 0.3) is 0 Å². The third-order valence-corrected chi connectivity index (χ3v) is 2.36. The lowest BCUT2D eigenvalue weighted by atomic mass is 10.2. The first-order valence-corrected chi connectivity index (χ1v) is 5.22. The Balaban J connectivity index is 2.16. The number of aldehydes is 1. The number of fused-ring (bicyclic) bond motifs is 1. The number of hydrogen-bond donors (Lipinski definition) is 0. The van der Waals surface area contributed by atoms with Gasteiger partial charge in [0.1, 0.15) is 5.75 Å². The molecule has 1 amide bonds. The largest absolute Gasteiger partial charge is 0.470 e. The van der Waals surface area contributed by atoms with Crippen LogP contribution in [0, 0.1) is 0 Å². The number of carbonyl (C=O) groups excluding carboxylic acids is 2. The van der Waals surface area contributed by atoms with Gasteiger partial charge in [-0.1, -0.05) is 12.1 Å². The van der Waals surface area contributed by atoms with E-state index in [0.29, 0.717) is 17.7 Å². The molecule has 0 aliphatic carbocycles. The Hall–Kier alpha value is -2.04. The van der Waals surface area contributed by atoms with Crippen LogP contribution >= 0.6 is 0 Å². The molecular formula is C12H13NO4. The van der Waals surface area contributed by atoms with Crippen molar-refractivity contribution in [1.82, 2.24) is 0 Å². The minimum absolute atomic E-state index is 0.104. The highest BCUT2D eigenvalue weighted by molar-refractivity contribution is 5.91. The zero-order valence-electron chi connectivity index (χ0n) is 9.67. The first-order chi connectivity index (χ1) is 8.03. The Morgan fingerprint density at radius 1 is 1.47 bits per heavy atom. The summed E-state index contributed by atoms with van der Waals surface area (Å²) in [6, 6.07) is 7.16. The van der Waals surface area contributed by atoms with Gasteiger partial charge in [0, 0.05) is 0 Å². The fourth-order valence-corrected chi connectivity index (χ4v) is 1.46. The molecule has 1 aliphatic heterocycles. The average Bonchev–Trinajstić information content (AvgIpc) is 2.72. The highest BCUT2D eigenvalue weighted by Crippen LogP contribution is 2.33. The summed E-state index contributed by atoms with van der Waals surface area (Å²) >= 11 is 0. The van der Waals surface area contributed by atoms with Gasteiger partial charge in [0.2, 0.25) is 0 Å². The first kappa shape index (κ1) is 11.4. The molecule has 0 radical (unpaired) electrons. The van der Waals surface area contributed by atoms with E-state index in [1.165, 1.54) is 18.7 Å². The molecule has 5 heteroatoms. The van der Waals surface area contributed by atoms with Crippen molar-refractivity contribution in [2.75, 3.05) is 11.6 Å². The van der Waals surface area contributed by atoms with E-state index in [-0.39, 0.29) is 6.73 Å². The van der Waals surface area contributed by atoms with E-state index in [1.54, 1.807) is 18.2 Å². The van der Waals surface area contributed by atoms with Crippen molar-refractivity contribution in [1.29, 1.82) is 0 Å². The van der Waals surface area contributed by atoms with Gasteiger partial charge in [-0.15, -0.1) is 0 Å². The van der Waals surface area contributed by atoms with Crippen LogP contribution in [-0.2, 0) is 9.53 Å². The van der Waals surface area contributed by atoms with Crippen molar-refractivity contribution < 1.29 is 19.1 Å². The van der Waals surface area contributed by atoms with Crippen LogP contribution in [0.5, 0.6) is 5.75 Å². The third-order valence-electron chi connectivity index (χ3n) is 2.36. The summed E-state index contributed by atoms with van der Waals surface area (Å²) in [5.74, 6) is 0.633. The third kappa shape index (κ3) is 2.22. The topological polar surface area (TPSA) is 55.8 Å². The quantitative estimate of drug-likeness (QED) is 0.735. The lowest BCUT2D eigenvalue weighted by molar-refractivity contribution is -0.121. The number of para-hydroxylation sites is 2. The average molecular weight is 235 g/mol. The molecule has 0 bridgehead atoms. The van der Waals surface area contributed by atoms with Crippen molar-refractivity contribution in [2.45, 2.75) is 19.4 Å². The lowest BCUT2D eigenvalue weighted by Crippen LogP contribution is -2.38. The van der Waals surface area contributed by atoms with E-state index in [2.05, 4.69) is 0 Å². The smallest absolute Gasteiger partial charge is 0.418 e. The van der Waals surface area contributed by atoms with Gasteiger partial charge in [0.05, 0.1) is 5.69 Å². The maximum Gasteiger partial charge on any atom is 0.418 e. The number of benzene rings is 1. The van der Waals surface area contributed by atoms with Gasteiger partial charge in [-0.25, -0.2) is 9.69 Å². The summed E-state index contributed by atoms with van der Waals surface area (Å²) in [4.78, 5) is 23.9. The van der Waals surface area contributed by atoms with Crippen molar-refractivity contribution in [3.05, 3.63) is 24.3 Å². The number of anilines is 1. The first-order valence-electron chi connectivity index (χ1n) is 5.22. The Morgan fingerprint density at radius 2 is 2.18 bits per heavy atom. The molecular weight excluding hydrogens is 222 g/mol. The summed E-state index contributed by atoms with van der Waals surface area (Å²) < 4.78 is 10.4. The Morgan fingerprint density at radius 3 is 2.88 bits per heavy atom. The molecule has 0 saturated heterocycles. The van der Waals surface area contributed by atoms with E-state index in [1.807, 2.05) is 6.07 Å². The summed E-state index contributed by atoms with van der Waals surface area (Å²) in [7, 11) is 0. The predicted molar refractivity (Wildman–Crippen MR) is 61.0 cm³/mol. The molecule has 90 valence electrons. The second-order valence-corrected chi connectivity index (χ2v) is 4.26. The fourth-order valence-electron chi connectivity index (χ4n) is 1.46. The van der Waals surface area contributed by atoms with E-state index >= 15 is 0 Å². The summed E-state index contributed by atoms with van der Waals surface area (Å²) in [6.07, 6.45) is 0.000311. The number of amides is 1. The van der Waals surface area contributed by atoms with Crippen LogP contribution in [-0.4, -0.2) is 24.7 Å². The standard InChI is InChI=1S/C12H13NO4/c1-12(2,7-14)17-11(15)13-8-16-10-6-4-3-5-9(10)13/h3-7H,8H2,1-2H3. The maximum absolute atomic E-state index is 11.8. The van der Waals surface area contributed by atoms with Crippen molar-refractivity contribution in [3.63, 3.8) is 0 Å². The molecule has 0 aromatic heterocycles. The molecule has 1 aliphatic rings. The van der Waals surface area contributed by atoms with E-state index in [9.17, 15) is 9.59 Å². The molecule has 0 N–H and O–H groups in total. The molecule has 1 aromatic rings. The van der Waals surface area contributed by atoms with Crippen LogP contribution in [0.1, 0.15) is 13.8 Å². The molecule has 2 rings (SSSR count). The SMILES string of the molecule is CC(C)(C=O)OC(=O)N1COc2ccccc21. The molecule has 1 aromatic carbocycles. The zero-order chi connectivity index (χ0) is 12.5. The van der Waals surface area contributed by atoms with Gasteiger partial charge in [0.15, 0.2) is 18.6 Å². The molecule has 0 atom stereocenters. The normalized spacial score (nSPS) is 13.9. The van der Waals surface area contributed by atoms with Crippen molar-refractivity contribution in [3.8, 4) is 5.75 Å². The van der Waals surface area contributed by atoms with Crippen LogP contribution in [0.2, 0.25) is 0 Å². The zero-order valence-corrected chi connectivity index (χ0v) is 9.67. The Bertz CT molecular complexity index is 456. The number of ether oxygens (including phenoxy) is 2. The van der Waals surface area contributed by atoms with Crippen LogP contribution in [0.4, 0.5) is 10.5 Å². The van der Waals surface area contributed by atoms with Gasteiger partial charge in [-0.05, 0) is 26.0 Å². The Kier molecular flexibility index (Phi) is 2.75. The second-order valence-electron chi connectivity index (χ2n) is 4.26. The predicted octanol–water partition coefficient (Wildman–Crippen LogP) is 1.96. The molecule has 0 saturated carbocycles. The number of rotatable bonds is 2. The molecule has 0 spiro atoms. The number of hydrogen-bond acceptors (Lipinski definition) is 4. The number of carbonyl (C=O) groups is 2. The van der Waals surface area contributed by atoms with Gasteiger partial charge in [-0.3, -0.25) is 4.79 Å². The Labute approximate surface area is 98.9 Å². The molecule has 0 unspecified atom stereocenters. The van der Waals surface area contributed by atoms with Gasteiger partial charge in [-0.2, -0.15) is 0 Å². The van der Waals surface area contributed by atoms with Gasteiger partial charge < -0.3 is 9.47 Å². The van der Waals surface area contributed by atoms with Crippen molar-refractivity contribution in [2.24, 2.45) is 0 Å². The minimum Gasteiger partial charge on any atom is -0.470 e. The van der Waals surface area contributed by atoms with Crippen LogP contribution < -0.4 is 9.64 Å². The summed E-state index contributed by atoms with van der Waals surface area (Å²) in [5, 5.41) is 0. The molecule has 0 fully saturated rings. The van der Waals surface area contributed by atoms with Crippen LogP contribution in [0.3, 0.4) is 0 Å². The lowest BCUT2D eigenvalue weighted by Gasteiger charge is -2.22. The van der Waals surface area contributed by atoms with E-state index in [4.69, 9.17) is 9.47 Å². The molecule has 5 nitrogen and oxygen atoms in total. The monoisotopic (exact) mass is 235 g/mol. The van der Waals surface area contributed by atoms with Gasteiger partial charge in [0.25, 0.3) is 0 Å². The highest BCUT2D eigenvalue weighted by Gasteiger charge is 2.31. The van der Waals surface area contributed by atoms with E-state index < -0.39 is 11.7 Å². The summed E-state index contributed by atoms with van der Waals surface area (Å²) in [5.41, 5.74) is -0.478. The van der Waals surface area contributed by atoms with E-state index in [0.717, 1.165) is 0 Å². The van der Waals surface area contributed by atoms with Crippen LogP contribution in [0.15, 0.2) is 24.3 Å². The van der Waals surface area contributed by atoms with Gasteiger partial charge >= 0.3 is 6.09 Å². The number of nitrogens with zero attached hydrogens (tertiary/aromatic N) is 1. The minimum atomic E-state index is -1.13. The fraction of sp³-hybridized carbons (Fsp3) is 0.333. The van der Waals surface area contributed by atoms with Crippen molar-refractivity contribution >= 4 is 18.1 Å². The summed E-state index contributed by atoms with van der Waals surface area (Å²) in [6.45, 7) is 3.16. The second kappa shape index (κ2) is 4.08.